The highest BCUT2D eigenvalue weighted by Crippen LogP contribution is 2.41. The van der Waals surface area contributed by atoms with Gasteiger partial charge in [-0.1, -0.05) is 77.8 Å². The molecular weight excluding hydrogens is 789 g/mol. The number of nitrogens with one attached hydrogen (secondary N) is 1. The van der Waals surface area contributed by atoms with Crippen LogP contribution in [0.15, 0.2) is 116 Å². The Morgan fingerprint density at radius 2 is 1.64 bits per heavy atom. The number of ether oxygens (including phenoxy) is 3. The van der Waals surface area contributed by atoms with Crippen molar-refractivity contribution in [3.8, 4) is 34.4 Å². The number of amides is 1. The number of rotatable bonds is 12. The van der Waals surface area contributed by atoms with Crippen molar-refractivity contribution in [3.63, 3.8) is 0 Å². The van der Waals surface area contributed by atoms with Crippen LogP contribution in [0.4, 0.5) is 0 Å². The van der Waals surface area contributed by atoms with Gasteiger partial charge in [0.15, 0.2) is 17.6 Å². The Bertz CT molecular complexity index is 2540. The van der Waals surface area contributed by atoms with E-state index < -0.39 is 18.1 Å². The Kier molecular flexibility index (Phi) is 11.6. The predicted molar refractivity (Wildman–Crippen MR) is 222 cm³/mol. The quantitative estimate of drug-likeness (QED) is 0.125. The molecule has 3 heterocycles. The van der Waals surface area contributed by atoms with Gasteiger partial charge in [0.25, 0.3) is 0 Å². The van der Waals surface area contributed by atoms with Crippen molar-refractivity contribution < 1.29 is 28.9 Å². The second-order valence-electron chi connectivity index (χ2n) is 14.7. The first-order valence-electron chi connectivity index (χ1n) is 19.0. The summed E-state index contributed by atoms with van der Waals surface area (Å²) in [5.74, 6) is 1.15. The van der Waals surface area contributed by atoms with Crippen molar-refractivity contribution in [3.05, 3.63) is 165 Å². The second kappa shape index (κ2) is 17.3. The van der Waals surface area contributed by atoms with E-state index in [0.717, 1.165) is 44.8 Å². The number of aromatic nitrogens is 2. The molecule has 0 spiro atoms. The van der Waals surface area contributed by atoms with E-state index in [0.29, 0.717) is 65.6 Å². The smallest absolute Gasteiger partial charge is 0.326 e. The van der Waals surface area contributed by atoms with Crippen LogP contribution in [0.5, 0.6) is 17.2 Å². The van der Waals surface area contributed by atoms with E-state index in [1.54, 1.807) is 30.5 Å². The molecule has 2 N–H and O–H groups in total. The highest BCUT2D eigenvalue weighted by Gasteiger charge is 2.36. The molecule has 2 aliphatic heterocycles. The Balaban J connectivity index is 0.957. The van der Waals surface area contributed by atoms with Gasteiger partial charge in [0, 0.05) is 32.4 Å². The summed E-state index contributed by atoms with van der Waals surface area (Å²) in [4.78, 5) is 33.2. The number of carbonyl (C=O) groups is 2. The molecule has 0 fully saturated rings. The van der Waals surface area contributed by atoms with Gasteiger partial charge in [-0.05, 0) is 93.9 Å². The normalized spacial score (nSPS) is 16.4. The Labute approximate surface area is 351 Å². The van der Waals surface area contributed by atoms with Gasteiger partial charge < -0.3 is 29.2 Å². The summed E-state index contributed by atoms with van der Waals surface area (Å²) in [6.45, 7) is 1.40. The number of carbonyl (C=O) groups excluding carboxylic acids is 1. The van der Waals surface area contributed by atoms with Gasteiger partial charge in [-0.2, -0.15) is 5.26 Å². The zero-order valence-corrected chi connectivity index (χ0v) is 33.5. The molecule has 3 atom stereocenters. The number of fused-ring (bicyclic) bond motifs is 2. The third-order valence-corrected chi connectivity index (χ3v) is 11.5. The van der Waals surface area contributed by atoms with E-state index in [1.165, 1.54) is 0 Å². The molecule has 2 aliphatic rings. The molecule has 13 heteroatoms. The first kappa shape index (κ1) is 39.5. The van der Waals surface area contributed by atoms with Crippen molar-refractivity contribution in [1.82, 2.24) is 19.8 Å². The number of hydrogen-bond donors (Lipinski definition) is 2. The fourth-order valence-corrected chi connectivity index (χ4v) is 7.69. The van der Waals surface area contributed by atoms with Gasteiger partial charge in [0.05, 0.1) is 34.3 Å². The summed E-state index contributed by atoms with van der Waals surface area (Å²) < 4.78 is 20.6. The van der Waals surface area contributed by atoms with Gasteiger partial charge in [-0.25, -0.2) is 9.78 Å². The van der Waals surface area contributed by atoms with E-state index in [2.05, 4.69) is 16.4 Å². The molecule has 1 amide bonds. The van der Waals surface area contributed by atoms with Crippen LogP contribution in [0, 0.1) is 11.3 Å². The minimum Gasteiger partial charge on any atom is -0.489 e. The molecule has 8 rings (SSSR count). The first-order chi connectivity index (χ1) is 28.6. The minimum atomic E-state index is -1.15. The maximum absolute atomic E-state index is 14.1. The molecule has 0 bridgehead atoms. The molecule has 298 valence electrons. The van der Waals surface area contributed by atoms with Crippen LogP contribution >= 0.6 is 23.2 Å². The maximum Gasteiger partial charge on any atom is 0.326 e. The molecule has 6 aromatic rings. The van der Waals surface area contributed by atoms with Crippen LogP contribution in [0.25, 0.3) is 11.1 Å². The van der Waals surface area contributed by atoms with Crippen molar-refractivity contribution >= 4 is 35.1 Å². The van der Waals surface area contributed by atoms with Crippen molar-refractivity contribution in [2.24, 2.45) is 7.05 Å². The number of nitrogens with zero attached hydrogens (tertiary/aromatic N) is 4. The molecule has 11 nitrogen and oxygen atoms in total. The molecule has 0 saturated carbocycles. The SMILES string of the molecule is Cn1ccnc1CN1Cc2cc3c(cc2C[C@H]1C(=O)N[C@@H](Cc1ccc(-c2ccc(C#N)cc2)cc1)C(=O)O)OCC(c1ccc(OCc2ccc(Cl)c(Cl)c2)cc1)O3. The van der Waals surface area contributed by atoms with Crippen molar-refractivity contribution in [2.75, 3.05) is 6.61 Å². The largest absolute Gasteiger partial charge is 0.489 e. The number of aliphatic carboxylic acids is 1. The fourth-order valence-electron chi connectivity index (χ4n) is 7.37. The standard InChI is InChI=1S/C46H39Cl2N5O6/c1-52-17-16-50-44(52)25-53-24-35-22-42-41(58-27-43(59-42)33-11-13-36(14-12-33)57-26-30-6-15-37(47)38(48)18-30)21-34(35)20-40(53)45(54)51-39(46(55)56)19-28-2-7-31(8-3-28)32-9-4-29(23-49)5-10-32/h2-18,21-22,39-40,43H,19-20,24-27H2,1H3,(H,51,54)(H,55,56)/t39-,40-,43?/m0/s1. The van der Waals surface area contributed by atoms with E-state index in [9.17, 15) is 14.7 Å². The Morgan fingerprint density at radius 1 is 0.932 bits per heavy atom. The zero-order valence-electron chi connectivity index (χ0n) is 32.0. The molecule has 5 aromatic carbocycles. The van der Waals surface area contributed by atoms with E-state index in [4.69, 9.17) is 42.7 Å². The molecule has 1 unspecified atom stereocenters. The second-order valence-corrected chi connectivity index (χ2v) is 15.5. The van der Waals surface area contributed by atoms with Gasteiger partial charge in [-0.3, -0.25) is 9.69 Å². The summed E-state index contributed by atoms with van der Waals surface area (Å²) in [5, 5.41) is 23.2. The average Bonchev–Trinajstić information content (AvgIpc) is 3.66. The van der Waals surface area contributed by atoms with Crippen molar-refractivity contribution in [1.29, 1.82) is 5.26 Å². The number of imidazole rings is 1. The molecule has 59 heavy (non-hydrogen) atoms. The monoisotopic (exact) mass is 827 g/mol. The number of hydrogen-bond acceptors (Lipinski definition) is 8. The van der Waals surface area contributed by atoms with Crippen LogP contribution in [-0.2, 0) is 49.2 Å². The van der Waals surface area contributed by atoms with E-state index in [1.807, 2.05) is 102 Å². The number of nitriles is 1. The molecule has 0 saturated heterocycles. The van der Waals surface area contributed by atoms with Gasteiger partial charge in [-0.15, -0.1) is 0 Å². The van der Waals surface area contributed by atoms with Crippen LogP contribution in [0.2, 0.25) is 10.0 Å². The molecular formula is C46H39Cl2N5O6. The number of aryl methyl sites for hydroxylation is 1. The molecule has 0 aliphatic carbocycles. The third kappa shape index (κ3) is 9.06. The van der Waals surface area contributed by atoms with E-state index >= 15 is 0 Å². The van der Waals surface area contributed by atoms with Crippen LogP contribution in [0.3, 0.4) is 0 Å². The average molecular weight is 829 g/mol. The van der Waals surface area contributed by atoms with Crippen LogP contribution in [0.1, 0.15) is 45.3 Å². The molecule has 1 aromatic heterocycles. The minimum absolute atomic E-state index is 0.103. The van der Waals surface area contributed by atoms with Crippen LogP contribution in [-0.4, -0.2) is 50.1 Å². The highest BCUT2D eigenvalue weighted by atomic mass is 35.5. The summed E-state index contributed by atoms with van der Waals surface area (Å²) in [5.41, 5.74) is 6.96. The van der Waals surface area contributed by atoms with E-state index in [-0.39, 0.29) is 18.4 Å². The number of carboxylic acid groups (broad SMARTS) is 1. The molecule has 0 radical (unpaired) electrons. The van der Waals surface area contributed by atoms with Crippen LogP contribution < -0.4 is 19.5 Å². The number of halogens is 2. The lowest BCUT2D eigenvalue weighted by Gasteiger charge is -2.37. The van der Waals surface area contributed by atoms with Gasteiger partial charge >= 0.3 is 5.97 Å². The first-order valence-corrected chi connectivity index (χ1v) is 19.8. The van der Waals surface area contributed by atoms with Crippen molar-refractivity contribution in [2.45, 2.75) is 50.7 Å². The predicted octanol–water partition coefficient (Wildman–Crippen LogP) is 8.10. The summed E-state index contributed by atoms with van der Waals surface area (Å²) in [6.07, 6.45) is 3.65. The highest BCUT2D eigenvalue weighted by molar-refractivity contribution is 6.42. The fraction of sp³-hybridized carbons (Fsp3) is 0.217. The lowest BCUT2D eigenvalue weighted by molar-refractivity contribution is -0.143. The zero-order chi connectivity index (χ0) is 41.0. The Hall–Kier alpha value is -6.32. The summed E-state index contributed by atoms with van der Waals surface area (Å²) >= 11 is 12.2. The number of carboxylic acids is 1. The topological polar surface area (TPSA) is 139 Å². The third-order valence-electron chi connectivity index (χ3n) is 10.7. The summed E-state index contributed by atoms with van der Waals surface area (Å²) in [7, 11) is 1.90. The Morgan fingerprint density at radius 3 is 2.32 bits per heavy atom. The lowest BCUT2D eigenvalue weighted by atomic mass is 9.92. The lowest BCUT2D eigenvalue weighted by Crippen LogP contribution is -2.54. The summed E-state index contributed by atoms with van der Waals surface area (Å²) in [6, 6.07) is 32.1. The maximum atomic E-state index is 14.1. The van der Waals surface area contributed by atoms with Gasteiger partial charge in [0.1, 0.15) is 30.8 Å². The number of benzene rings is 5. The van der Waals surface area contributed by atoms with Gasteiger partial charge in [0.2, 0.25) is 5.91 Å².